The maximum atomic E-state index is 13.9. The van der Waals surface area contributed by atoms with Crippen LogP contribution in [-0.4, -0.2) is 60.8 Å². The fourth-order valence-electron chi connectivity index (χ4n) is 4.68. The van der Waals surface area contributed by atoms with Crippen molar-refractivity contribution in [3.63, 3.8) is 0 Å². The van der Waals surface area contributed by atoms with E-state index in [4.69, 9.17) is 16.6 Å². The summed E-state index contributed by atoms with van der Waals surface area (Å²) in [4.78, 5) is 21.4. The van der Waals surface area contributed by atoms with Gasteiger partial charge in [-0.3, -0.25) is 14.7 Å². The van der Waals surface area contributed by atoms with E-state index < -0.39 is 0 Å². The SMILES string of the molecule is O=C1C(Cc2ccccc2)=NC(c2cccc(Cl)c2)N(CCN2CCNCC2)N1c1ccccc1. The molecule has 3 aromatic carbocycles. The largest absolute Gasteiger partial charge is 0.314 e. The Morgan fingerprint density at radius 1 is 0.886 bits per heavy atom. The molecule has 6 nitrogen and oxygen atoms in total. The normalized spacial score (nSPS) is 19.6. The van der Waals surface area contributed by atoms with Crippen LogP contribution in [0.1, 0.15) is 17.3 Å². The van der Waals surface area contributed by atoms with Crippen LogP contribution in [-0.2, 0) is 11.2 Å². The fourth-order valence-corrected chi connectivity index (χ4v) is 4.88. The number of benzene rings is 3. The Morgan fingerprint density at radius 2 is 1.60 bits per heavy atom. The molecule has 5 rings (SSSR count). The molecule has 7 heteroatoms. The Kier molecular flexibility index (Phi) is 7.54. The molecule has 0 saturated carbocycles. The Labute approximate surface area is 211 Å². The lowest BCUT2D eigenvalue weighted by Crippen LogP contribution is -2.57. The van der Waals surface area contributed by atoms with E-state index in [1.54, 1.807) is 0 Å². The molecule has 1 fully saturated rings. The summed E-state index contributed by atoms with van der Waals surface area (Å²) < 4.78 is 0. The Morgan fingerprint density at radius 3 is 2.31 bits per heavy atom. The number of nitrogens with zero attached hydrogens (tertiary/aromatic N) is 4. The van der Waals surface area contributed by atoms with Gasteiger partial charge < -0.3 is 5.32 Å². The second kappa shape index (κ2) is 11.1. The molecular weight excluding hydrogens is 458 g/mol. The quantitative estimate of drug-likeness (QED) is 0.543. The first kappa shape index (κ1) is 23.7. The van der Waals surface area contributed by atoms with E-state index in [9.17, 15) is 4.79 Å². The standard InChI is InChI=1S/C28H30ClN5O/c29-24-11-7-10-23(21-24)27-31-26(20-22-8-3-1-4-9-22)28(35)34(25-12-5-2-6-13-25)33(27)19-18-32-16-14-30-15-17-32/h1-13,21,27,30H,14-20H2. The number of anilines is 1. The van der Waals surface area contributed by atoms with Gasteiger partial charge in [-0.2, -0.15) is 5.01 Å². The van der Waals surface area contributed by atoms with Gasteiger partial charge in [0.15, 0.2) is 0 Å². The predicted molar refractivity (Wildman–Crippen MR) is 142 cm³/mol. The van der Waals surface area contributed by atoms with Crippen molar-refractivity contribution in [2.75, 3.05) is 44.3 Å². The number of rotatable bonds is 7. The van der Waals surface area contributed by atoms with Gasteiger partial charge in [-0.15, -0.1) is 0 Å². The van der Waals surface area contributed by atoms with Crippen molar-refractivity contribution < 1.29 is 4.79 Å². The third-order valence-corrected chi connectivity index (χ3v) is 6.71. The number of halogens is 1. The van der Waals surface area contributed by atoms with Crippen molar-refractivity contribution in [3.8, 4) is 0 Å². The number of hydrogen-bond acceptors (Lipinski definition) is 5. The highest BCUT2D eigenvalue weighted by Crippen LogP contribution is 2.33. The minimum atomic E-state index is -0.353. The van der Waals surface area contributed by atoms with Crippen LogP contribution in [0.5, 0.6) is 0 Å². The maximum Gasteiger partial charge on any atom is 0.287 e. The number of carbonyl (C=O) groups is 1. The summed E-state index contributed by atoms with van der Waals surface area (Å²) >= 11 is 6.40. The summed E-state index contributed by atoms with van der Waals surface area (Å²) in [5.41, 5.74) is 3.41. The van der Waals surface area contributed by atoms with Crippen molar-refractivity contribution >= 4 is 28.9 Å². The van der Waals surface area contributed by atoms with Gasteiger partial charge in [0.2, 0.25) is 0 Å². The summed E-state index contributed by atoms with van der Waals surface area (Å²) in [5, 5.41) is 7.98. The minimum Gasteiger partial charge on any atom is -0.314 e. The van der Waals surface area contributed by atoms with Gasteiger partial charge in [0.05, 0.1) is 5.69 Å². The van der Waals surface area contributed by atoms with Gasteiger partial charge in [0.1, 0.15) is 11.9 Å². The second-order valence-corrected chi connectivity index (χ2v) is 9.31. The molecule has 1 unspecified atom stereocenters. The zero-order valence-corrected chi connectivity index (χ0v) is 20.4. The summed E-state index contributed by atoms with van der Waals surface area (Å²) in [7, 11) is 0. The van der Waals surface area contributed by atoms with Crippen molar-refractivity contribution in [1.29, 1.82) is 0 Å². The van der Waals surface area contributed by atoms with Gasteiger partial charge in [-0.1, -0.05) is 72.3 Å². The third-order valence-electron chi connectivity index (χ3n) is 6.47. The van der Waals surface area contributed by atoms with Gasteiger partial charge in [0.25, 0.3) is 5.91 Å². The number of amides is 1. The topological polar surface area (TPSA) is 51.2 Å². The number of carbonyl (C=O) groups excluding carboxylic acids is 1. The van der Waals surface area contributed by atoms with Crippen molar-refractivity contribution in [3.05, 3.63) is 101 Å². The molecule has 1 N–H and O–H groups in total. The highest BCUT2D eigenvalue weighted by molar-refractivity contribution is 6.44. The van der Waals surface area contributed by atoms with Crippen LogP contribution < -0.4 is 10.3 Å². The Balaban J connectivity index is 1.55. The van der Waals surface area contributed by atoms with E-state index in [0.717, 1.165) is 49.5 Å². The molecule has 3 aromatic rings. The second-order valence-electron chi connectivity index (χ2n) is 8.87. The average Bonchev–Trinajstić information content (AvgIpc) is 2.90. The molecule has 1 atom stereocenters. The van der Waals surface area contributed by atoms with Crippen LogP contribution in [0.2, 0.25) is 5.02 Å². The van der Waals surface area contributed by atoms with Crippen molar-refractivity contribution in [2.45, 2.75) is 12.6 Å². The lowest BCUT2D eigenvalue weighted by atomic mass is 10.0. The third kappa shape index (κ3) is 5.63. The monoisotopic (exact) mass is 487 g/mol. The Hall–Kier alpha value is -3.03. The van der Waals surface area contributed by atoms with Crippen LogP contribution >= 0.6 is 11.6 Å². The first-order valence-corrected chi connectivity index (χ1v) is 12.5. The molecule has 2 aliphatic rings. The maximum absolute atomic E-state index is 13.9. The number of piperazine rings is 1. The smallest absolute Gasteiger partial charge is 0.287 e. The van der Waals surface area contributed by atoms with E-state index in [-0.39, 0.29) is 12.1 Å². The Bertz CT molecular complexity index is 1160. The molecular formula is C28H30ClN5O. The highest BCUT2D eigenvalue weighted by Gasteiger charge is 2.38. The van der Waals surface area contributed by atoms with E-state index >= 15 is 0 Å². The molecule has 1 saturated heterocycles. The average molecular weight is 488 g/mol. The summed E-state index contributed by atoms with van der Waals surface area (Å²) in [5.74, 6) is -0.0846. The summed E-state index contributed by atoms with van der Waals surface area (Å²) in [6.07, 6.45) is 0.124. The van der Waals surface area contributed by atoms with Crippen LogP contribution in [0.25, 0.3) is 0 Å². The van der Waals surface area contributed by atoms with Gasteiger partial charge >= 0.3 is 0 Å². The lowest BCUT2D eigenvalue weighted by molar-refractivity contribution is -0.117. The number of hydrazine groups is 1. The molecule has 0 aromatic heterocycles. The van der Waals surface area contributed by atoms with Gasteiger partial charge in [-0.25, -0.2) is 5.01 Å². The van der Waals surface area contributed by atoms with Gasteiger partial charge in [0, 0.05) is 50.7 Å². The molecule has 0 bridgehead atoms. The zero-order valence-electron chi connectivity index (χ0n) is 19.7. The van der Waals surface area contributed by atoms with E-state index in [2.05, 4.69) is 15.2 Å². The lowest BCUT2D eigenvalue weighted by Gasteiger charge is -2.43. The first-order chi connectivity index (χ1) is 17.2. The van der Waals surface area contributed by atoms with E-state index in [1.165, 1.54) is 0 Å². The fraction of sp³-hybridized carbons (Fsp3) is 0.286. The predicted octanol–water partition coefficient (Wildman–Crippen LogP) is 4.19. The molecule has 2 heterocycles. The molecule has 0 aliphatic carbocycles. The highest BCUT2D eigenvalue weighted by atomic mass is 35.5. The van der Waals surface area contributed by atoms with Crippen LogP contribution in [0, 0.1) is 0 Å². The van der Waals surface area contributed by atoms with Crippen LogP contribution in [0.4, 0.5) is 5.69 Å². The van der Waals surface area contributed by atoms with Crippen molar-refractivity contribution in [1.82, 2.24) is 15.2 Å². The summed E-state index contributed by atoms with van der Waals surface area (Å²) in [6, 6.07) is 27.7. The summed E-state index contributed by atoms with van der Waals surface area (Å²) in [6.45, 7) is 5.48. The first-order valence-electron chi connectivity index (χ1n) is 12.1. The van der Waals surface area contributed by atoms with Gasteiger partial charge in [-0.05, 0) is 35.4 Å². The van der Waals surface area contributed by atoms with E-state index in [1.807, 2.05) is 89.9 Å². The molecule has 2 aliphatic heterocycles. The molecule has 1 amide bonds. The molecule has 0 radical (unpaired) electrons. The number of hydrogen-bond donors (Lipinski definition) is 1. The molecule has 0 spiro atoms. The van der Waals surface area contributed by atoms with E-state index in [0.29, 0.717) is 23.7 Å². The number of aliphatic imine (C=N–C) groups is 1. The minimum absolute atomic E-state index is 0.0846. The van der Waals surface area contributed by atoms with Crippen LogP contribution in [0.15, 0.2) is 89.9 Å². The number of nitrogens with one attached hydrogen (secondary N) is 1. The number of para-hydroxylation sites is 1. The van der Waals surface area contributed by atoms with Crippen molar-refractivity contribution in [2.24, 2.45) is 4.99 Å². The van der Waals surface area contributed by atoms with Crippen LogP contribution in [0.3, 0.4) is 0 Å². The zero-order chi connectivity index (χ0) is 24.0. The molecule has 180 valence electrons. The molecule has 35 heavy (non-hydrogen) atoms.